The first-order valence-electron chi connectivity index (χ1n) is 16.0. The number of hydrogen-bond donors (Lipinski definition) is 1. The van der Waals surface area contributed by atoms with Gasteiger partial charge in [0.25, 0.3) is 0 Å². The molecule has 4 saturated carbocycles. The number of ether oxygens (including phenoxy) is 3. The van der Waals surface area contributed by atoms with E-state index in [0.717, 1.165) is 44.1 Å². The van der Waals surface area contributed by atoms with E-state index in [1.165, 1.54) is 12.8 Å². The lowest BCUT2D eigenvalue weighted by Gasteiger charge is -2.60. The summed E-state index contributed by atoms with van der Waals surface area (Å²) >= 11 is 0. The van der Waals surface area contributed by atoms with Gasteiger partial charge in [-0.05, 0) is 86.5 Å². The molecule has 0 heterocycles. The van der Waals surface area contributed by atoms with Crippen LogP contribution in [0.5, 0.6) is 0 Å². The number of rotatable bonds is 9. The van der Waals surface area contributed by atoms with Crippen LogP contribution in [0.3, 0.4) is 0 Å². The summed E-state index contributed by atoms with van der Waals surface area (Å²) in [4.78, 5) is 51.8. The molecule has 228 valence electrons. The Balaban J connectivity index is 1.37. The third-order valence-electron chi connectivity index (χ3n) is 11.7. The molecule has 5 aliphatic carbocycles. The van der Waals surface area contributed by atoms with Crippen molar-refractivity contribution in [1.29, 1.82) is 0 Å². The highest BCUT2D eigenvalue weighted by atomic mass is 16.7. The SMILES string of the molecule is CCCOC(=O)O[C@]1(C(=O)COC(=O)CCC2CCCC2)CC[C@H]2[C@@H]3CCC4=CC(=O)CC[C@]4(C)[C@H]3[C@@H](O)C[C@@]21C. The van der Waals surface area contributed by atoms with Gasteiger partial charge in [0, 0.05) is 18.3 Å². The molecule has 0 aromatic heterocycles. The first-order valence-corrected chi connectivity index (χ1v) is 16.0. The maximum absolute atomic E-state index is 14.1. The molecule has 0 aliphatic heterocycles. The molecule has 0 saturated heterocycles. The molecule has 0 unspecified atom stereocenters. The second-order valence-corrected chi connectivity index (χ2v) is 13.9. The number of carbonyl (C=O) groups excluding carboxylic acids is 4. The van der Waals surface area contributed by atoms with E-state index in [4.69, 9.17) is 14.2 Å². The zero-order valence-corrected chi connectivity index (χ0v) is 25.1. The Morgan fingerprint density at radius 3 is 2.51 bits per heavy atom. The summed E-state index contributed by atoms with van der Waals surface area (Å²) < 4.78 is 16.8. The van der Waals surface area contributed by atoms with Crippen molar-refractivity contribution in [3.63, 3.8) is 0 Å². The van der Waals surface area contributed by atoms with Gasteiger partial charge >= 0.3 is 12.1 Å². The number of carbonyl (C=O) groups is 4. The van der Waals surface area contributed by atoms with Crippen LogP contribution in [0.25, 0.3) is 0 Å². The van der Waals surface area contributed by atoms with Gasteiger partial charge in [-0.3, -0.25) is 14.4 Å². The Hall–Kier alpha value is -2.22. The molecule has 0 aromatic carbocycles. The second-order valence-electron chi connectivity index (χ2n) is 13.9. The Kier molecular flexibility index (Phi) is 8.71. The van der Waals surface area contributed by atoms with Gasteiger partial charge in [-0.25, -0.2) is 4.79 Å². The number of esters is 1. The zero-order chi connectivity index (χ0) is 29.4. The molecule has 0 radical (unpaired) electrons. The van der Waals surface area contributed by atoms with Gasteiger partial charge in [0.2, 0.25) is 5.78 Å². The first kappa shape index (κ1) is 30.2. The van der Waals surface area contributed by atoms with Crippen LogP contribution in [0.2, 0.25) is 0 Å². The number of aliphatic hydroxyl groups excluding tert-OH is 1. The fourth-order valence-electron chi connectivity index (χ4n) is 9.67. The number of fused-ring (bicyclic) bond motifs is 5. The van der Waals surface area contributed by atoms with Crippen molar-refractivity contribution in [3.05, 3.63) is 11.6 Å². The fourth-order valence-corrected chi connectivity index (χ4v) is 9.67. The highest BCUT2D eigenvalue weighted by molar-refractivity contribution is 5.93. The Morgan fingerprint density at radius 1 is 1.02 bits per heavy atom. The Morgan fingerprint density at radius 2 is 1.78 bits per heavy atom. The molecule has 0 amide bonds. The summed E-state index contributed by atoms with van der Waals surface area (Å²) in [5.41, 5.74) is -1.50. The van der Waals surface area contributed by atoms with E-state index in [2.05, 4.69) is 6.92 Å². The van der Waals surface area contributed by atoms with E-state index in [9.17, 15) is 24.3 Å². The number of Topliss-reactive ketones (excluding diaryl/α,β-unsaturated/α-hetero) is 1. The van der Waals surface area contributed by atoms with Crippen molar-refractivity contribution in [2.75, 3.05) is 13.2 Å². The van der Waals surface area contributed by atoms with Crippen LogP contribution in [-0.2, 0) is 28.6 Å². The number of allylic oxidation sites excluding steroid dienone is 1. The summed E-state index contributed by atoms with van der Waals surface area (Å²) in [7, 11) is 0. The van der Waals surface area contributed by atoms with Gasteiger partial charge < -0.3 is 19.3 Å². The smallest absolute Gasteiger partial charge is 0.457 e. The minimum absolute atomic E-state index is 0.0277. The minimum Gasteiger partial charge on any atom is -0.457 e. The molecule has 5 rings (SSSR count). The molecule has 8 heteroatoms. The highest BCUT2D eigenvalue weighted by Gasteiger charge is 2.70. The second kappa shape index (κ2) is 11.8. The average molecular weight is 573 g/mol. The van der Waals surface area contributed by atoms with Gasteiger partial charge in [-0.1, -0.05) is 52.0 Å². The molecule has 4 fully saturated rings. The first-order chi connectivity index (χ1) is 19.5. The van der Waals surface area contributed by atoms with Crippen molar-refractivity contribution in [2.45, 2.75) is 122 Å². The molecule has 0 aromatic rings. The van der Waals surface area contributed by atoms with Gasteiger partial charge in [0.05, 0.1) is 12.7 Å². The standard InChI is InChI=1S/C33H48O8/c1-4-17-39-30(38)41-33(27(36)20-40-28(37)12-9-21-7-5-6-8-21)16-14-25-24-11-10-22-18-23(34)13-15-31(22,2)29(24)26(35)19-32(25,33)3/h18,21,24-26,29,35H,4-17,19-20H2,1-3H3/t24-,25-,26-,29+,31-,32-,33-/m0/s1. The van der Waals surface area contributed by atoms with Gasteiger partial charge in [-0.15, -0.1) is 0 Å². The minimum atomic E-state index is -1.54. The summed E-state index contributed by atoms with van der Waals surface area (Å²) in [5, 5.41) is 11.8. The predicted octanol–water partition coefficient (Wildman–Crippen LogP) is 5.87. The lowest BCUT2D eigenvalue weighted by Crippen LogP contribution is -2.63. The van der Waals surface area contributed by atoms with Crippen LogP contribution in [0.4, 0.5) is 4.79 Å². The quantitative estimate of drug-likeness (QED) is 0.341. The maximum atomic E-state index is 14.1. The van der Waals surface area contributed by atoms with Crippen LogP contribution in [-0.4, -0.2) is 53.7 Å². The third kappa shape index (κ3) is 5.38. The monoisotopic (exact) mass is 572 g/mol. The summed E-state index contributed by atoms with van der Waals surface area (Å²) in [5.74, 6) is 0.00662. The number of aliphatic hydroxyl groups is 1. The van der Waals surface area contributed by atoms with E-state index in [0.29, 0.717) is 31.6 Å². The van der Waals surface area contributed by atoms with Gasteiger partial charge in [-0.2, -0.15) is 0 Å². The molecular formula is C33H48O8. The summed E-state index contributed by atoms with van der Waals surface area (Å²) in [6, 6.07) is 0. The van der Waals surface area contributed by atoms with Gasteiger partial charge in [0.1, 0.15) is 0 Å². The van der Waals surface area contributed by atoms with Crippen molar-refractivity contribution in [3.8, 4) is 0 Å². The zero-order valence-electron chi connectivity index (χ0n) is 25.1. The fraction of sp³-hybridized carbons (Fsp3) is 0.818. The lowest BCUT2D eigenvalue weighted by atomic mass is 9.45. The van der Waals surface area contributed by atoms with Gasteiger partial charge in [0.15, 0.2) is 18.0 Å². The molecule has 0 spiro atoms. The van der Waals surface area contributed by atoms with Crippen molar-refractivity contribution in [1.82, 2.24) is 0 Å². The lowest BCUT2D eigenvalue weighted by molar-refractivity contribution is -0.189. The van der Waals surface area contributed by atoms with E-state index >= 15 is 0 Å². The van der Waals surface area contributed by atoms with Crippen molar-refractivity contribution in [2.24, 2.45) is 34.5 Å². The Labute approximate surface area is 243 Å². The normalized spacial score (nSPS) is 38.3. The predicted molar refractivity (Wildman–Crippen MR) is 151 cm³/mol. The van der Waals surface area contributed by atoms with E-state index < -0.39 is 41.6 Å². The molecular weight excluding hydrogens is 524 g/mol. The molecule has 1 N–H and O–H groups in total. The maximum Gasteiger partial charge on any atom is 0.509 e. The van der Waals surface area contributed by atoms with E-state index in [1.54, 1.807) is 6.08 Å². The summed E-state index contributed by atoms with van der Waals surface area (Å²) in [6.45, 7) is 5.76. The van der Waals surface area contributed by atoms with E-state index in [1.807, 2.05) is 13.8 Å². The van der Waals surface area contributed by atoms with Crippen molar-refractivity contribution >= 4 is 23.7 Å². The third-order valence-corrected chi connectivity index (χ3v) is 11.7. The van der Waals surface area contributed by atoms with Crippen LogP contribution in [0.15, 0.2) is 11.6 Å². The summed E-state index contributed by atoms with van der Waals surface area (Å²) in [6.07, 6.45) is 10.6. The molecule has 41 heavy (non-hydrogen) atoms. The highest BCUT2D eigenvalue weighted by Crippen LogP contribution is 2.68. The molecule has 0 bridgehead atoms. The number of ketones is 2. The van der Waals surface area contributed by atoms with Crippen molar-refractivity contribution < 1.29 is 38.5 Å². The van der Waals surface area contributed by atoms with Crippen LogP contribution in [0.1, 0.15) is 111 Å². The van der Waals surface area contributed by atoms with E-state index in [-0.39, 0.29) is 48.4 Å². The topological polar surface area (TPSA) is 116 Å². The van der Waals surface area contributed by atoms with Crippen LogP contribution < -0.4 is 0 Å². The Bertz CT molecular complexity index is 1080. The molecule has 5 aliphatic rings. The molecule has 7 atom stereocenters. The van der Waals surface area contributed by atoms with Crippen LogP contribution in [0, 0.1) is 34.5 Å². The number of hydrogen-bond acceptors (Lipinski definition) is 8. The largest absolute Gasteiger partial charge is 0.509 e. The average Bonchev–Trinajstić information content (AvgIpc) is 3.56. The molecule has 8 nitrogen and oxygen atoms in total. The van der Waals surface area contributed by atoms with Crippen LogP contribution >= 0.6 is 0 Å².